The number of benzene rings is 2. The Labute approximate surface area is 157 Å². The van der Waals surface area contributed by atoms with Gasteiger partial charge in [-0.25, -0.2) is 0 Å². The van der Waals surface area contributed by atoms with E-state index in [0.29, 0.717) is 5.70 Å². The van der Waals surface area contributed by atoms with Crippen LogP contribution in [0.2, 0.25) is 0 Å². The highest BCUT2D eigenvalue weighted by molar-refractivity contribution is 7.10. The molecule has 0 saturated heterocycles. The summed E-state index contributed by atoms with van der Waals surface area (Å²) in [5.41, 5.74) is 4.77. The van der Waals surface area contributed by atoms with Gasteiger partial charge in [0.05, 0.1) is 6.04 Å². The normalized spacial score (nSPS) is 16.7. The summed E-state index contributed by atoms with van der Waals surface area (Å²) in [4.78, 5) is 16.2. The average molecular weight is 360 g/mol. The molecule has 130 valence electrons. The molecule has 0 aliphatic carbocycles. The maximum atomic E-state index is 13.2. The summed E-state index contributed by atoms with van der Waals surface area (Å²) in [7, 11) is 0. The van der Waals surface area contributed by atoms with Gasteiger partial charge in [0.2, 0.25) is 0 Å². The molecule has 1 amide bonds. The molecule has 2 aromatic carbocycles. The van der Waals surface area contributed by atoms with E-state index in [1.54, 1.807) is 11.3 Å². The quantitative estimate of drug-likeness (QED) is 0.671. The van der Waals surface area contributed by atoms with Crippen LogP contribution in [0.15, 0.2) is 77.8 Å². The van der Waals surface area contributed by atoms with E-state index in [9.17, 15) is 4.79 Å². The summed E-state index contributed by atoms with van der Waals surface area (Å²) < 4.78 is 0. The maximum absolute atomic E-state index is 13.2. The minimum Gasteiger partial charge on any atom is -0.351 e. The van der Waals surface area contributed by atoms with Crippen LogP contribution in [0.4, 0.5) is 11.4 Å². The van der Waals surface area contributed by atoms with E-state index < -0.39 is 0 Å². The van der Waals surface area contributed by atoms with Gasteiger partial charge in [-0.05, 0) is 66.8 Å². The molecule has 0 bridgehead atoms. The highest BCUT2D eigenvalue weighted by atomic mass is 32.1. The first-order chi connectivity index (χ1) is 12.6. The van der Waals surface area contributed by atoms with Crippen LogP contribution < -0.4 is 10.2 Å². The fraction of sp³-hybridized carbons (Fsp3) is 0.136. The predicted octanol–water partition coefficient (Wildman–Crippen LogP) is 5.45. The fourth-order valence-electron chi connectivity index (χ4n) is 3.26. The number of carbonyl (C=O) groups excluding carboxylic acids is 1. The van der Waals surface area contributed by atoms with Crippen molar-refractivity contribution in [3.05, 3.63) is 93.8 Å². The first-order valence-electron chi connectivity index (χ1n) is 8.61. The number of nitrogens with one attached hydrogen (secondary N) is 1. The molecule has 1 aliphatic heterocycles. The van der Waals surface area contributed by atoms with Crippen molar-refractivity contribution in [1.29, 1.82) is 0 Å². The molecule has 3 aromatic rings. The van der Waals surface area contributed by atoms with E-state index in [1.807, 2.05) is 78.7 Å². The molecule has 2 heterocycles. The lowest BCUT2D eigenvalue weighted by Crippen LogP contribution is -2.30. The summed E-state index contributed by atoms with van der Waals surface area (Å²) in [5.74, 6) is -0.00416. The van der Waals surface area contributed by atoms with E-state index >= 15 is 0 Å². The lowest BCUT2D eigenvalue weighted by molar-refractivity contribution is -0.114. The second-order valence-corrected chi connectivity index (χ2v) is 7.53. The standard InChI is InChI=1S/C22H20N2OS/c1-15-6-3-8-17(12-15)23-19-14-20(21-10-5-11-26-21)24(22(19)25)18-9-4-7-16(2)13-18/h3-14,20,23H,1-2H3/t20-/m0/s1. The van der Waals surface area contributed by atoms with Crippen LogP contribution >= 0.6 is 11.3 Å². The Balaban J connectivity index is 1.72. The molecule has 26 heavy (non-hydrogen) atoms. The highest BCUT2D eigenvalue weighted by Gasteiger charge is 2.35. The molecule has 1 aliphatic rings. The smallest absolute Gasteiger partial charge is 0.275 e. The number of aryl methyl sites for hydroxylation is 2. The van der Waals surface area contributed by atoms with Gasteiger partial charge in [-0.1, -0.05) is 30.3 Å². The summed E-state index contributed by atoms with van der Waals surface area (Å²) in [6.45, 7) is 4.09. The number of anilines is 2. The minimum absolute atomic E-state index is 0.00416. The molecule has 1 N–H and O–H groups in total. The SMILES string of the molecule is Cc1cccc(NC2=C[C@@H](c3cccs3)N(c3cccc(C)c3)C2=O)c1. The molecule has 4 rings (SSSR count). The van der Waals surface area contributed by atoms with Crippen molar-refractivity contribution in [2.75, 3.05) is 10.2 Å². The zero-order valence-electron chi connectivity index (χ0n) is 14.8. The van der Waals surface area contributed by atoms with E-state index in [0.717, 1.165) is 27.4 Å². The molecule has 0 saturated carbocycles. The number of nitrogens with zero attached hydrogens (tertiary/aromatic N) is 1. The van der Waals surface area contributed by atoms with E-state index in [4.69, 9.17) is 0 Å². The molecular weight excluding hydrogens is 340 g/mol. The van der Waals surface area contributed by atoms with E-state index in [2.05, 4.69) is 17.4 Å². The highest BCUT2D eigenvalue weighted by Crippen LogP contribution is 2.38. The fourth-order valence-corrected chi connectivity index (χ4v) is 4.04. The van der Waals surface area contributed by atoms with E-state index in [-0.39, 0.29) is 11.9 Å². The van der Waals surface area contributed by atoms with Gasteiger partial charge in [-0.15, -0.1) is 11.3 Å². The lowest BCUT2D eigenvalue weighted by Gasteiger charge is -2.24. The topological polar surface area (TPSA) is 32.3 Å². The molecule has 1 atom stereocenters. The predicted molar refractivity (Wildman–Crippen MR) is 109 cm³/mol. The molecular formula is C22H20N2OS. The van der Waals surface area contributed by atoms with Crippen molar-refractivity contribution in [3.8, 4) is 0 Å². The number of amides is 1. The maximum Gasteiger partial charge on any atom is 0.275 e. The van der Waals surface area contributed by atoms with Gasteiger partial charge in [0.25, 0.3) is 5.91 Å². The van der Waals surface area contributed by atoms with Gasteiger partial charge in [-0.3, -0.25) is 9.69 Å². The van der Waals surface area contributed by atoms with Crippen LogP contribution in [-0.2, 0) is 4.79 Å². The summed E-state index contributed by atoms with van der Waals surface area (Å²) in [6, 6.07) is 20.2. The monoisotopic (exact) mass is 360 g/mol. The summed E-state index contributed by atoms with van der Waals surface area (Å²) >= 11 is 1.67. The third-order valence-electron chi connectivity index (χ3n) is 4.46. The Morgan fingerprint density at radius 2 is 1.73 bits per heavy atom. The van der Waals surface area contributed by atoms with Crippen LogP contribution in [0, 0.1) is 13.8 Å². The number of rotatable bonds is 4. The molecule has 0 fully saturated rings. The Bertz CT molecular complexity index is 975. The summed E-state index contributed by atoms with van der Waals surface area (Å²) in [5, 5.41) is 5.36. The Morgan fingerprint density at radius 3 is 2.42 bits per heavy atom. The number of thiophene rings is 1. The zero-order chi connectivity index (χ0) is 18.1. The Hall–Kier alpha value is -2.85. The first kappa shape index (κ1) is 16.6. The average Bonchev–Trinajstić information content (AvgIpc) is 3.24. The van der Waals surface area contributed by atoms with Gasteiger partial charge < -0.3 is 5.32 Å². The van der Waals surface area contributed by atoms with Crippen LogP contribution in [0.5, 0.6) is 0 Å². The Morgan fingerprint density at radius 1 is 0.962 bits per heavy atom. The van der Waals surface area contributed by atoms with Crippen molar-refractivity contribution < 1.29 is 4.79 Å². The number of hydrogen-bond donors (Lipinski definition) is 1. The minimum atomic E-state index is -0.0865. The van der Waals surface area contributed by atoms with Crippen LogP contribution in [0.3, 0.4) is 0 Å². The molecule has 1 aromatic heterocycles. The number of carbonyl (C=O) groups is 1. The van der Waals surface area contributed by atoms with Gasteiger partial charge in [-0.2, -0.15) is 0 Å². The second-order valence-electron chi connectivity index (χ2n) is 6.55. The van der Waals surface area contributed by atoms with Gasteiger partial charge in [0, 0.05) is 16.3 Å². The van der Waals surface area contributed by atoms with Crippen molar-refractivity contribution in [2.24, 2.45) is 0 Å². The molecule has 0 radical (unpaired) electrons. The molecule has 0 unspecified atom stereocenters. The molecule has 0 spiro atoms. The van der Waals surface area contributed by atoms with Crippen LogP contribution in [0.25, 0.3) is 0 Å². The van der Waals surface area contributed by atoms with Crippen molar-refractivity contribution >= 4 is 28.6 Å². The molecule has 3 nitrogen and oxygen atoms in total. The van der Waals surface area contributed by atoms with Gasteiger partial charge in [0.15, 0.2) is 0 Å². The van der Waals surface area contributed by atoms with Crippen molar-refractivity contribution in [2.45, 2.75) is 19.9 Å². The van der Waals surface area contributed by atoms with Gasteiger partial charge >= 0.3 is 0 Å². The van der Waals surface area contributed by atoms with Crippen LogP contribution in [-0.4, -0.2) is 5.91 Å². The second kappa shape index (κ2) is 6.81. The molecule has 4 heteroatoms. The Kier molecular flexibility index (Phi) is 4.35. The van der Waals surface area contributed by atoms with Crippen molar-refractivity contribution in [3.63, 3.8) is 0 Å². The largest absolute Gasteiger partial charge is 0.351 e. The third-order valence-corrected chi connectivity index (χ3v) is 5.41. The number of hydrogen-bond acceptors (Lipinski definition) is 3. The van der Waals surface area contributed by atoms with Gasteiger partial charge in [0.1, 0.15) is 5.70 Å². The lowest BCUT2D eigenvalue weighted by atomic mass is 10.1. The van der Waals surface area contributed by atoms with Crippen LogP contribution in [0.1, 0.15) is 22.0 Å². The third kappa shape index (κ3) is 3.16. The van der Waals surface area contributed by atoms with Crippen molar-refractivity contribution in [1.82, 2.24) is 0 Å². The first-order valence-corrected chi connectivity index (χ1v) is 9.49. The summed E-state index contributed by atoms with van der Waals surface area (Å²) in [6.07, 6.45) is 2.03. The zero-order valence-corrected chi connectivity index (χ0v) is 15.6. The van der Waals surface area contributed by atoms with E-state index in [1.165, 1.54) is 0 Å².